The van der Waals surface area contributed by atoms with E-state index in [0.717, 1.165) is 0 Å². The van der Waals surface area contributed by atoms with E-state index in [-0.39, 0.29) is 0 Å². The fourth-order valence-corrected chi connectivity index (χ4v) is 6.34. The number of benzene rings is 5. The summed E-state index contributed by atoms with van der Waals surface area (Å²) in [7, 11) is 0. The summed E-state index contributed by atoms with van der Waals surface area (Å²) in [5.41, 5.74) is 11.3. The number of rotatable bonds is 0. The third-order valence-electron chi connectivity index (χ3n) is 7.53. The van der Waals surface area contributed by atoms with E-state index in [4.69, 9.17) is 0 Å². The van der Waals surface area contributed by atoms with Gasteiger partial charge in [0, 0.05) is 21.5 Å². The highest BCUT2D eigenvalue weighted by atomic mass is 15.1. The van der Waals surface area contributed by atoms with Crippen LogP contribution in [-0.2, 0) is 0 Å². The molecule has 0 saturated heterocycles. The van der Waals surface area contributed by atoms with Crippen LogP contribution in [0.4, 0.5) is 0 Å². The molecule has 0 unspecified atom stereocenters. The summed E-state index contributed by atoms with van der Waals surface area (Å²) in [6.45, 7) is 0. The van der Waals surface area contributed by atoms with Gasteiger partial charge in [-0.3, -0.25) is 0 Å². The van der Waals surface area contributed by atoms with E-state index >= 15 is 0 Å². The Kier molecular flexibility index (Phi) is 2.59. The second-order valence-electron chi connectivity index (χ2n) is 9.03. The summed E-state index contributed by atoms with van der Waals surface area (Å²) >= 11 is 0. The van der Waals surface area contributed by atoms with Crippen molar-refractivity contribution >= 4 is 65.7 Å². The van der Waals surface area contributed by atoms with Crippen LogP contribution in [0.15, 0.2) is 103 Å². The van der Waals surface area contributed by atoms with Crippen molar-refractivity contribution in [1.82, 2.24) is 13.4 Å². The fraction of sp³-hybridized carbons (Fsp3) is 0. The molecule has 33 heavy (non-hydrogen) atoms. The highest BCUT2D eigenvalue weighted by Gasteiger charge is 2.25. The zero-order chi connectivity index (χ0) is 21.3. The minimum absolute atomic E-state index is 1.23. The lowest BCUT2D eigenvalue weighted by atomic mass is 10.1. The second kappa shape index (κ2) is 5.28. The summed E-state index contributed by atoms with van der Waals surface area (Å²) in [4.78, 5) is 0. The molecule has 2 aliphatic heterocycles. The van der Waals surface area contributed by atoms with Gasteiger partial charge >= 0.3 is 0 Å². The maximum absolute atomic E-state index is 2.49. The molecule has 0 atom stereocenters. The Hall–Kier alpha value is -4.50. The molecule has 0 N–H and O–H groups in total. The maximum Gasteiger partial charge on any atom is 0.0947 e. The molecule has 0 bridgehead atoms. The van der Waals surface area contributed by atoms with Crippen molar-refractivity contribution in [3.05, 3.63) is 103 Å². The SMILES string of the molecule is c1ccc2c(c1)c1cccc3c1n2c1cccc2c1-n3c1cccc3c4ccccc4n2c31. The van der Waals surface area contributed by atoms with Crippen LogP contribution in [0, 0.1) is 0 Å². The predicted octanol–water partition coefficient (Wildman–Crippen LogP) is 7.62. The lowest BCUT2D eigenvalue weighted by Gasteiger charge is -2.24. The predicted molar refractivity (Wildman–Crippen MR) is 138 cm³/mol. The molecule has 5 aromatic carbocycles. The van der Waals surface area contributed by atoms with Gasteiger partial charge in [0.05, 0.1) is 49.8 Å². The van der Waals surface area contributed by atoms with Gasteiger partial charge < -0.3 is 13.4 Å². The van der Waals surface area contributed by atoms with Crippen LogP contribution in [0.2, 0.25) is 0 Å². The molecule has 2 aromatic heterocycles. The average molecular weight is 419 g/mol. The van der Waals surface area contributed by atoms with E-state index in [1.165, 1.54) is 71.4 Å². The van der Waals surface area contributed by atoms with Gasteiger partial charge in [-0.05, 0) is 36.4 Å². The van der Waals surface area contributed by atoms with Gasteiger partial charge in [-0.25, -0.2) is 0 Å². The van der Waals surface area contributed by atoms with Gasteiger partial charge in [-0.15, -0.1) is 0 Å². The maximum atomic E-state index is 2.49. The van der Waals surface area contributed by atoms with E-state index in [1.54, 1.807) is 0 Å². The van der Waals surface area contributed by atoms with Crippen LogP contribution in [-0.4, -0.2) is 13.4 Å². The highest BCUT2D eigenvalue weighted by Crippen LogP contribution is 2.43. The van der Waals surface area contributed by atoms with Crippen molar-refractivity contribution in [3.63, 3.8) is 0 Å². The van der Waals surface area contributed by atoms with E-state index in [0.29, 0.717) is 0 Å². The number of fused-ring (bicyclic) bond motifs is 10. The average Bonchev–Trinajstić information content (AvgIpc) is 3.39. The molecular weight excluding hydrogens is 402 g/mol. The first-order valence-electron chi connectivity index (χ1n) is 11.4. The monoisotopic (exact) mass is 419 g/mol. The Morgan fingerprint density at radius 1 is 0.333 bits per heavy atom. The molecular formula is C30H17N3. The van der Waals surface area contributed by atoms with Crippen LogP contribution in [0.25, 0.3) is 71.4 Å². The smallest absolute Gasteiger partial charge is 0.0947 e. The number of nitrogens with zero attached hydrogens (tertiary/aromatic N) is 3. The van der Waals surface area contributed by atoms with Crippen molar-refractivity contribution in [2.45, 2.75) is 0 Å². The van der Waals surface area contributed by atoms with Gasteiger partial charge in [-0.1, -0.05) is 66.7 Å². The van der Waals surface area contributed by atoms with Gasteiger partial charge in [0.1, 0.15) is 0 Å². The van der Waals surface area contributed by atoms with Crippen LogP contribution in [0.1, 0.15) is 0 Å². The first-order valence-corrected chi connectivity index (χ1v) is 11.4. The Bertz CT molecular complexity index is 2030. The Labute approximate surface area is 188 Å². The zero-order valence-electron chi connectivity index (χ0n) is 17.7. The topological polar surface area (TPSA) is 13.8 Å². The minimum atomic E-state index is 1.23. The van der Waals surface area contributed by atoms with Crippen LogP contribution in [0.3, 0.4) is 0 Å². The van der Waals surface area contributed by atoms with Crippen molar-refractivity contribution in [1.29, 1.82) is 0 Å². The van der Waals surface area contributed by atoms with E-state index < -0.39 is 0 Å². The van der Waals surface area contributed by atoms with Gasteiger partial charge in [0.15, 0.2) is 0 Å². The molecule has 0 amide bonds. The van der Waals surface area contributed by atoms with E-state index in [9.17, 15) is 0 Å². The summed E-state index contributed by atoms with van der Waals surface area (Å²) < 4.78 is 7.42. The Morgan fingerprint density at radius 3 is 1.27 bits per heavy atom. The molecule has 0 spiro atoms. The molecule has 3 nitrogen and oxygen atoms in total. The van der Waals surface area contributed by atoms with Crippen molar-refractivity contribution in [3.8, 4) is 5.69 Å². The molecule has 0 aliphatic carbocycles. The molecule has 0 radical (unpaired) electrons. The second-order valence-corrected chi connectivity index (χ2v) is 9.03. The standard InChI is InChI=1S/C30H17N3/c1-3-12-22-18(8-1)20-10-5-14-24-28(20)31(22)26-16-7-17-27-30(26)33(24)25-15-6-11-21-19-9-2-4-13-23(19)32(27)29(21)25/h1-17H. The molecule has 0 fully saturated rings. The minimum Gasteiger partial charge on any atom is -0.305 e. The Morgan fingerprint density at radius 2 is 0.727 bits per heavy atom. The van der Waals surface area contributed by atoms with Crippen LogP contribution in [0.5, 0.6) is 0 Å². The lowest BCUT2D eigenvalue weighted by molar-refractivity contribution is 1.10. The highest BCUT2D eigenvalue weighted by molar-refractivity contribution is 6.20. The first kappa shape index (κ1) is 16.2. The first-order chi connectivity index (χ1) is 16.4. The number of aromatic nitrogens is 3. The van der Waals surface area contributed by atoms with Gasteiger partial charge in [0.25, 0.3) is 0 Å². The summed E-state index contributed by atoms with van der Waals surface area (Å²) in [5.74, 6) is 0. The summed E-state index contributed by atoms with van der Waals surface area (Å²) in [6, 6.07) is 37.7. The summed E-state index contributed by atoms with van der Waals surface area (Å²) in [5, 5.41) is 5.21. The van der Waals surface area contributed by atoms with Crippen LogP contribution < -0.4 is 0 Å². The number of hydrogen-bond donors (Lipinski definition) is 0. The molecule has 4 heterocycles. The van der Waals surface area contributed by atoms with Gasteiger partial charge in [0.2, 0.25) is 0 Å². The third-order valence-corrected chi connectivity index (χ3v) is 7.53. The number of hydrogen-bond acceptors (Lipinski definition) is 0. The molecule has 0 saturated carbocycles. The van der Waals surface area contributed by atoms with Crippen molar-refractivity contribution in [2.75, 3.05) is 0 Å². The van der Waals surface area contributed by atoms with Crippen molar-refractivity contribution in [2.24, 2.45) is 0 Å². The zero-order valence-corrected chi connectivity index (χ0v) is 17.7. The normalized spacial score (nSPS) is 12.8. The fourth-order valence-electron chi connectivity index (χ4n) is 6.34. The van der Waals surface area contributed by atoms with Crippen molar-refractivity contribution < 1.29 is 0 Å². The molecule has 3 heteroatoms. The van der Waals surface area contributed by atoms with Crippen LogP contribution >= 0.6 is 0 Å². The largest absolute Gasteiger partial charge is 0.305 e. The van der Waals surface area contributed by atoms with E-state index in [1.807, 2.05) is 0 Å². The number of para-hydroxylation sites is 5. The Balaban J connectivity index is 1.76. The molecule has 9 rings (SSSR count). The molecule has 152 valence electrons. The quantitative estimate of drug-likeness (QED) is 0.177. The van der Waals surface area contributed by atoms with E-state index in [2.05, 4.69) is 116 Å². The molecule has 2 aliphatic rings. The lowest BCUT2D eigenvalue weighted by Crippen LogP contribution is -2.10. The molecule has 7 aromatic rings. The summed E-state index contributed by atoms with van der Waals surface area (Å²) in [6.07, 6.45) is 0. The third kappa shape index (κ3) is 1.67. The van der Waals surface area contributed by atoms with Gasteiger partial charge in [-0.2, -0.15) is 0 Å².